The van der Waals surface area contributed by atoms with Gasteiger partial charge in [0.25, 0.3) is 0 Å². The molecule has 332 valence electrons. The number of allylic oxidation sites excluding steroid dienone is 4. The third kappa shape index (κ3) is 7.87. The highest BCUT2D eigenvalue weighted by Gasteiger charge is 2.80. The molecule has 0 bridgehead atoms. The lowest BCUT2D eigenvalue weighted by Crippen LogP contribution is -2.70. The van der Waals surface area contributed by atoms with Crippen LogP contribution in [0.4, 0.5) is 13.2 Å². The fourth-order valence-electron chi connectivity index (χ4n) is 10.5. The minimum absolute atomic E-state index is 0.0199. The maximum absolute atomic E-state index is 17.9. The van der Waals surface area contributed by atoms with Crippen LogP contribution in [0, 0.1) is 28.5 Å². The molecule has 7 rings (SSSR count). The molecular formula is C44H50F3N5O10. The van der Waals surface area contributed by atoms with E-state index >= 15 is 8.78 Å². The van der Waals surface area contributed by atoms with E-state index < -0.39 is 132 Å². The van der Waals surface area contributed by atoms with Gasteiger partial charge >= 0.3 is 0 Å². The normalized spacial score (nSPS) is 33.5. The smallest absolute Gasteiger partial charge is 0.243 e. The van der Waals surface area contributed by atoms with Crippen molar-refractivity contribution in [3.05, 3.63) is 95.3 Å². The molecule has 2 aromatic carbocycles. The second kappa shape index (κ2) is 17.5. The van der Waals surface area contributed by atoms with Gasteiger partial charge in [0.1, 0.15) is 31.4 Å². The summed E-state index contributed by atoms with van der Waals surface area (Å²) in [6.07, 6.45) is -2.78. The number of halogens is 3. The molecule has 7 N–H and O–H groups in total. The molecule has 5 aliphatic rings. The lowest BCUT2D eigenvalue weighted by molar-refractivity contribution is -0.235. The van der Waals surface area contributed by atoms with Gasteiger partial charge in [-0.25, -0.2) is 13.2 Å². The Balaban J connectivity index is 1.03. The summed E-state index contributed by atoms with van der Waals surface area (Å²) in [6, 6.07) is 13.1. The molecule has 18 heteroatoms. The van der Waals surface area contributed by atoms with E-state index in [2.05, 4.69) is 21.3 Å². The summed E-state index contributed by atoms with van der Waals surface area (Å²) >= 11 is 0. The molecule has 1 aliphatic heterocycles. The quantitative estimate of drug-likeness (QED) is 0.111. The van der Waals surface area contributed by atoms with Crippen molar-refractivity contribution in [3.8, 4) is 0 Å². The fourth-order valence-corrected chi connectivity index (χ4v) is 10.5. The van der Waals surface area contributed by atoms with Gasteiger partial charge in [-0.1, -0.05) is 55.5 Å². The number of rotatable bonds is 15. The van der Waals surface area contributed by atoms with Gasteiger partial charge in [0.2, 0.25) is 23.6 Å². The Labute approximate surface area is 355 Å². The van der Waals surface area contributed by atoms with Gasteiger partial charge in [-0.3, -0.25) is 28.8 Å². The number of nitrogens with one attached hydrogen (secondary N) is 4. The number of fused-ring (bicyclic) bond motifs is 7. The van der Waals surface area contributed by atoms with E-state index in [9.17, 15) is 38.3 Å². The van der Waals surface area contributed by atoms with E-state index in [1.165, 1.54) is 37.3 Å². The van der Waals surface area contributed by atoms with Crippen molar-refractivity contribution in [2.45, 2.75) is 81.5 Å². The van der Waals surface area contributed by atoms with E-state index in [-0.39, 0.29) is 43.4 Å². The van der Waals surface area contributed by atoms with Crippen LogP contribution in [-0.4, -0.2) is 109 Å². The number of amides is 4. The molecule has 0 unspecified atom stereocenters. The van der Waals surface area contributed by atoms with Crippen molar-refractivity contribution in [2.24, 2.45) is 28.4 Å². The van der Waals surface area contributed by atoms with Crippen LogP contribution >= 0.6 is 0 Å². The predicted molar refractivity (Wildman–Crippen MR) is 213 cm³/mol. The Morgan fingerprint density at radius 2 is 1.71 bits per heavy atom. The number of carbonyl (C=O) groups excluding carboxylic acids is 6. The first-order chi connectivity index (χ1) is 29.5. The third-order valence-corrected chi connectivity index (χ3v) is 13.5. The van der Waals surface area contributed by atoms with E-state index in [1.54, 1.807) is 43.3 Å². The Morgan fingerprint density at radius 3 is 2.44 bits per heavy atom. The number of aliphatic hydroxyl groups excluding tert-OH is 1. The van der Waals surface area contributed by atoms with Gasteiger partial charge in [-0.05, 0) is 67.5 Å². The average Bonchev–Trinajstić information content (AvgIpc) is 3.75. The van der Waals surface area contributed by atoms with Gasteiger partial charge in [-0.15, -0.1) is 0 Å². The number of Topliss-reactive ketones (excluding diaryl/α,β-unsaturated/α-hetero) is 1. The number of carbonyl (C=O) groups is 6. The molecule has 0 spiro atoms. The van der Waals surface area contributed by atoms with E-state index in [0.717, 1.165) is 6.08 Å². The van der Waals surface area contributed by atoms with Crippen molar-refractivity contribution < 1.29 is 61.3 Å². The van der Waals surface area contributed by atoms with E-state index in [4.69, 9.17) is 19.9 Å². The molecule has 62 heavy (non-hydrogen) atoms. The first-order valence-corrected chi connectivity index (χ1v) is 20.5. The number of ketones is 2. The molecule has 4 amide bonds. The number of nitrogens with two attached hydrogens (primary N) is 1. The summed E-state index contributed by atoms with van der Waals surface area (Å²) in [4.78, 5) is 77.0. The molecule has 3 saturated carbocycles. The minimum atomic E-state index is -2.43. The molecular weight excluding hydrogens is 816 g/mol. The zero-order valence-corrected chi connectivity index (χ0v) is 34.2. The van der Waals surface area contributed by atoms with Gasteiger partial charge in [0, 0.05) is 28.7 Å². The third-order valence-electron chi connectivity index (χ3n) is 13.5. The summed E-state index contributed by atoms with van der Waals surface area (Å²) in [6.45, 7) is 0.664. The lowest BCUT2D eigenvalue weighted by Gasteiger charge is -2.63. The first-order valence-electron chi connectivity index (χ1n) is 20.5. The highest BCUT2D eigenvalue weighted by molar-refractivity contribution is 6.01. The van der Waals surface area contributed by atoms with Gasteiger partial charge < -0.3 is 46.3 Å². The standard InChI is InChI=1S/C44H50F3N5O10/c1-41-12-11-27(53)15-30(41)31(46)16-29-28-17-35-44(42(28,2)18-33(54)43(29,41)47,62-40(61-35)25-9-6-10-26(45)14-25)34(55)22-60-23-51-37(57)20-50-39(59)32(13-24-7-4-3-5-8-24)52-38(58)21-49-36(56)19-48/h3-12,14-15,28-29,31-33,35,40,54H,13,16-23,48H2,1-2H3,(H,49,56)(H,50,59)(H,51,57)(H,52,58)/t28-,29-,31-,32-,33-,35+,40+,41-,42-,43-,44+/m0/s1. The summed E-state index contributed by atoms with van der Waals surface area (Å²) in [5.74, 6) is -6.29. The second-order valence-electron chi connectivity index (χ2n) is 17.0. The fraction of sp³-hybridized carbons (Fsp3) is 0.500. The van der Waals surface area contributed by atoms with Crippen LogP contribution in [0.15, 0.2) is 78.4 Å². The highest BCUT2D eigenvalue weighted by atomic mass is 19.1. The Hall–Kier alpha value is -5.27. The van der Waals surface area contributed by atoms with Crippen LogP contribution in [0.5, 0.6) is 0 Å². The monoisotopic (exact) mass is 865 g/mol. The van der Waals surface area contributed by atoms with Crippen LogP contribution in [0.2, 0.25) is 0 Å². The van der Waals surface area contributed by atoms with Crippen LogP contribution in [0.25, 0.3) is 0 Å². The molecule has 2 aromatic rings. The molecule has 15 nitrogen and oxygen atoms in total. The molecule has 1 heterocycles. The Bertz CT molecular complexity index is 2180. The molecule has 0 radical (unpaired) electrons. The van der Waals surface area contributed by atoms with Crippen LogP contribution in [0.3, 0.4) is 0 Å². The molecule has 11 atom stereocenters. The van der Waals surface area contributed by atoms with Gasteiger partial charge in [0.15, 0.2) is 29.1 Å². The van der Waals surface area contributed by atoms with Gasteiger partial charge in [0.05, 0.1) is 31.8 Å². The Kier molecular flexibility index (Phi) is 12.6. The van der Waals surface area contributed by atoms with E-state index in [0.29, 0.717) is 5.56 Å². The molecule has 1 saturated heterocycles. The van der Waals surface area contributed by atoms with Crippen molar-refractivity contribution in [1.82, 2.24) is 21.3 Å². The van der Waals surface area contributed by atoms with Crippen molar-refractivity contribution in [2.75, 3.05) is 33.0 Å². The van der Waals surface area contributed by atoms with Crippen LogP contribution < -0.4 is 27.0 Å². The average molecular weight is 866 g/mol. The number of hydrogen-bond acceptors (Lipinski definition) is 11. The van der Waals surface area contributed by atoms with Crippen molar-refractivity contribution in [3.63, 3.8) is 0 Å². The summed E-state index contributed by atoms with van der Waals surface area (Å²) in [5, 5.41) is 21.7. The summed E-state index contributed by atoms with van der Waals surface area (Å²) < 4.78 is 66.9. The predicted octanol–water partition coefficient (Wildman–Crippen LogP) is 1.49. The zero-order valence-electron chi connectivity index (χ0n) is 34.2. The van der Waals surface area contributed by atoms with Crippen LogP contribution in [0.1, 0.15) is 50.5 Å². The zero-order chi connectivity index (χ0) is 44.6. The highest BCUT2D eigenvalue weighted by Crippen LogP contribution is 2.72. The van der Waals surface area contributed by atoms with Crippen molar-refractivity contribution in [1.29, 1.82) is 0 Å². The maximum Gasteiger partial charge on any atom is 0.243 e. The number of aliphatic hydroxyl groups is 1. The lowest BCUT2D eigenvalue weighted by atomic mass is 9.44. The minimum Gasteiger partial charge on any atom is -0.390 e. The van der Waals surface area contributed by atoms with Gasteiger partial charge in [-0.2, -0.15) is 0 Å². The number of alkyl halides is 2. The maximum atomic E-state index is 17.9. The van der Waals surface area contributed by atoms with Crippen molar-refractivity contribution >= 4 is 35.2 Å². The van der Waals surface area contributed by atoms with E-state index in [1.807, 2.05) is 0 Å². The molecule has 0 aromatic heterocycles. The number of ether oxygens (including phenoxy) is 3. The van der Waals surface area contributed by atoms with Crippen LogP contribution in [-0.2, 0) is 49.4 Å². The number of hydrogen-bond donors (Lipinski definition) is 6. The Morgan fingerprint density at radius 1 is 0.968 bits per heavy atom. The summed E-state index contributed by atoms with van der Waals surface area (Å²) in [7, 11) is 0. The SMILES string of the molecule is C[C@]12C=CC(=O)C=C1[C@@H](F)C[C@H]1[C@@H]3C[C@H]4O[C@@H](c5cccc(F)c5)O[C@@]4(C(=O)COCNC(=O)CNC(=O)[C@H](Cc4ccccc4)NC(=O)CNC(=O)CN)[C@@]3(C)C[C@H](O)[C@@]12F. The molecule has 4 fully saturated rings. The number of benzene rings is 2. The largest absolute Gasteiger partial charge is 0.390 e. The summed E-state index contributed by atoms with van der Waals surface area (Å²) in [5.41, 5.74) is -1.17. The second-order valence-corrected chi connectivity index (χ2v) is 17.0. The molecule has 4 aliphatic carbocycles. The topological polar surface area (TPSA) is 224 Å². The first kappa shape index (κ1) is 44.8.